The molecule has 0 N–H and O–H groups in total. The van der Waals surface area contributed by atoms with Crippen molar-refractivity contribution in [1.82, 2.24) is 0 Å². The van der Waals surface area contributed by atoms with Gasteiger partial charge < -0.3 is 14.0 Å². The Morgan fingerprint density at radius 3 is 2.47 bits per heavy atom. The molecule has 0 spiro atoms. The van der Waals surface area contributed by atoms with Crippen LogP contribution in [0.25, 0.3) is 0 Å². The van der Waals surface area contributed by atoms with E-state index < -0.39 is 0 Å². The second-order valence-corrected chi connectivity index (χ2v) is 5.41. The first kappa shape index (κ1) is 12.7. The second kappa shape index (κ2) is 4.88. The summed E-state index contributed by atoms with van der Waals surface area (Å²) in [4.78, 5) is 0. The van der Waals surface area contributed by atoms with E-state index in [0.717, 1.165) is 11.2 Å². The maximum Gasteiger partial charge on any atom is 0.495 e. The molecule has 1 saturated heterocycles. The van der Waals surface area contributed by atoms with E-state index in [0.29, 0.717) is 18.2 Å². The Hall–Kier alpha value is -0.705. The standard InChI is InChI=1S/C12H16BClO3/c1-12(2)7-16-13(17-8-12)10-5-4-9(15-3)6-11(10)14/h4-6H,7-8H2,1-3H3. The first-order valence-corrected chi connectivity index (χ1v) is 5.96. The maximum absolute atomic E-state index is 6.17. The molecule has 1 aromatic carbocycles. The van der Waals surface area contributed by atoms with Gasteiger partial charge in [0, 0.05) is 29.1 Å². The van der Waals surface area contributed by atoms with Crippen molar-refractivity contribution in [2.75, 3.05) is 20.3 Å². The van der Waals surface area contributed by atoms with Gasteiger partial charge in [-0.2, -0.15) is 0 Å². The molecular weight excluding hydrogens is 238 g/mol. The molecule has 0 aliphatic carbocycles. The number of benzene rings is 1. The Balaban J connectivity index is 2.13. The minimum absolute atomic E-state index is 0.0649. The molecule has 1 aliphatic heterocycles. The van der Waals surface area contributed by atoms with Crippen LogP contribution >= 0.6 is 11.6 Å². The van der Waals surface area contributed by atoms with Crippen molar-refractivity contribution >= 4 is 24.2 Å². The molecule has 1 aromatic rings. The molecule has 17 heavy (non-hydrogen) atoms. The van der Waals surface area contributed by atoms with Crippen molar-refractivity contribution < 1.29 is 14.0 Å². The van der Waals surface area contributed by atoms with Crippen LogP contribution in [0.1, 0.15) is 13.8 Å². The number of halogens is 1. The molecule has 3 nitrogen and oxygen atoms in total. The van der Waals surface area contributed by atoms with Crippen LogP contribution in [0.15, 0.2) is 18.2 Å². The van der Waals surface area contributed by atoms with E-state index >= 15 is 0 Å². The van der Waals surface area contributed by atoms with Crippen LogP contribution in [0.2, 0.25) is 5.02 Å². The van der Waals surface area contributed by atoms with E-state index in [1.54, 1.807) is 13.2 Å². The van der Waals surface area contributed by atoms with E-state index in [4.69, 9.17) is 25.6 Å². The lowest BCUT2D eigenvalue weighted by Crippen LogP contribution is -2.47. The fourth-order valence-corrected chi connectivity index (χ4v) is 1.96. The van der Waals surface area contributed by atoms with Gasteiger partial charge in [0.25, 0.3) is 0 Å². The lowest BCUT2D eigenvalue weighted by molar-refractivity contribution is 0.0343. The summed E-state index contributed by atoms with van der Waals surface area (Å²) in [7, 11) is 1.24. The first-order chi connectivity index (χ1) is 8.02. The highest BCUT2D eigenvalue weighted by Crippen LogP contribution is 2.23. The molecule has 1 heterocycles. The Kier molecular flexibility index (Phi) is 3.66. The van der Waals surface area contributed by atoms with Crippen LogP contribution in [-0.4, -0.2) is 27.4 Å². The van der Waals surface area contributed by atoms with Gasteiger partial charge in [-0.1, -0.05) is 31.5 Å². The second-order valence-electron chi connectivity index (χ2n) is 5.01. The van der Waals surface area contributed by atoms with Gasteiger partial charge in [0.1, 0.15) is 5.75 Å². The quantitative estimate of drug-likeness (QED) is 0.757. The van der Waals surface area contributed by atoms with Crippen LogP contribution < -0.4 is 10.2 Å². The van der Waals surface area contributed by atoms with E-state index in [1.807, 2.05) is 12.1 Å². The Morgan fingerprint density at radius 1 is 1.29 bits per heavy atom. The molecular formula is C12H16BClO3. The van der Waals surface area contributed by atoms with Crippen LogP contribution in [0.4, 0.5) is 0 Å². The van der Waals surface area contributed by atoms with Crippen molar-refractivity contribution in [1.29, 1.82) is 0 Å². The third-order valence-corrected chi connectivity index (χ3v) is 3.04. The van der Waals surface area contributed by atoms with Crippen molar-refractivity contribution in [3.63, 3.8) is 0 Å². The van der Waals surface area contributed by atoms with Crippen LogP contribution in [0.3, 0.4) is 0 Å². The molecule has 0 saturated carbocycles. The van der Waals surface area contributed by atoms with Crippen LogP contribution in [0.5, 0.6) is 5.75 Å². The monoisotopic (exact) mass is 254 g/mol. The fourth-order valence-electron chi connectivity index (χ4n) is 1.70. The number of ether oxygens (including phenoxy) is 1. The molecule has 0 bridgehead atoms. The van der Waals surface area contributed by atoms with Gasteiger partial charge >= 0.3 is 7.12 Å². The normalized spacial score (nSPS) is 19.2. The maximum atomic E-state index is 6.17. The average Bonchev–Trinajstić information content (AvgIpc) is 2.29. The summed E-state index contributed by atoms with van der Waals surface area (Å²) in [6.45, 7) is 5.55. The minimum atomic E-state index is -0.374. The zero-order valence-corrected chi connectivity index (χ0v) is 11.1. The molecule has 2 rings (SSSR count). The highest BCUT2D eigenvalue weighted by atomic mass is 35.5. The van der Waals surface area contributed by atoms with Gasteiger partial charge in [0.05, 0.1) is 7.11 Å². The van der Waals surface area contributed by atoms with Gasteiger partial charge in [-0.05, 0) is 12.1 Å². The number of rotatable bonds is 2. The predicted molar refractivity (Wildman–Crippen MR) is 69.1 cm³/mol. The first-order valence-electron chi connectivity index (χ1n) is 5.58. The topological polar surface area (TPSA) is 27.7 Å². The number of methoxy groups -OCH3 is 1. The summed E-state index contributed by atoms with van der Waals surface area (Å²) < 4.78 is 16.5. The van der Waals surface area contributed by atoms with E-state index in [1.165, 1.54) is 0 Å². The third-order valence-electron chi connectivity index (χ3n) is 2.71. The van der Waals surface area contributed by atoms with Crippen molar-refractivity contribution in [2.24, 2.45) is 5.41 Å². The molecule has 0 radical (unpaired) electrons. The number of hydrogen-bond donors (Lipinski definition) is 0. The summed E-state index contributed by atoms with van der Waals surface area (Å²) in [5.74, 6) is 0.731. The van der Waals surface area contributed by atoms with Gasteiger partial charge in [-0.25, -0.2) is 0 Å². The van der Waals surface area contributed by atoms with Crippen molar-refractivity contribution in [3.05, 3.63) is 23.2 Å². The smallest absolute Gasteiger partial charge is 0.495 e. The molecule has 5 heteroatoms. The van der Waals surface area contributed by atoms with Gasteiger partial charge in [0.15, 0.2) is 0 Å². The molecule has 0 atom stereocenters. The molecule has 0 amide bonds. The largest absolute Gasteiger partial charge is 0.497 e. The van der Waals surface area contributed by atoms with E-state index in [-0.39, 0.29) is 12.5 Å². The zero-order valence-electron chi connectivity index (χ0n) is 10.3. The van der Waals surface area contributed by atoms with Crippen molar-refractivity contribution in [3.8, 4) is 5.75 Å². The van der Waals surface area contributed by atoms with E-state index in [2.05, 4.69) is 13.8 Å². The Bertz CT molecular complexity index is 399. The Labute approximate surface area is 107 Å². The number of hydrogen-bond acceptors (Lipinski definition) is 3. The minimum Gasteiger partial charge on any atom is -0.497 e. The average molecular weight is 255 g/mol. The Morgan fingerprint density at radius 2 is 1.94 bits per heavy atom. The highest BCUT2D eigenvalue weighted by Gasteiger charge is 2.34. The fraction of sp³-hybridized carbons (Fsp3) is 0.500. The molecule has 1 aliphatic rings. The predicted octanol–water partition coefficient (Wildman–Crippen LogP) is 2.12. The van der Waals surface area contributed by atoms with Gasteiger partial charge in [0.2, 0.25) is 0 Å². The van der Waals surface area contributed by atoms with Crippen LogP contribution in [-0.2, 0) is 9.31 Å². The lowest BCUT2D eigenvalue weighted by atomic mass is 9.76. The summed E-state index contributed by atoms with van der Waals surface area (Å²) in [5, 5.41) is 0.606. The third kappa shape index (κ3) is 2.95. The molecule has 92 valence electrons. The summed E-state index contributed by atoms with van der Waals surface area (Å²) in [6.07, 6.45) is 0. The summed E-state index contributed by atoms with van der Waals surface area (Å²) >= 11 is 6.17. The van der Waals surface area contributed by atoms with Gasteiger partial charge in [-0.3, -0.25) is 0 Å². The summed E-state index contributed by atoms with van der Waals surface area (Å²) in [6, 6.07) is 5.50. The van der Waals surface area contributed by atoms with Crippen LogP contribution in [0, 0.1) is 5.41 Å². The lowest BCUT2D eigenvalue weighted by Gasteiger charge is -2.33. The molecule has 1 fully saturated rings. The van der Waals surface area contributed by atoms with Gasteiger partial charge in [-0.15, -0.1) is 0 Å². The molecule has 0 unspecified atom stereocenters. The zero-order chi connectivity index (χ0) is 12.5. The SMILES string of the molecule is COc1ccc(B2OCC(C)(C)CO2)c(Cl)c1. The summed E-state index contributed by atoms with van der Waals surface area (Å²) in [5.41, 5.74) is 0.915. The molecule has 0 aromatic heterocycles. The van der Waals surface area contributed by atoms with E-state index in [9.17, 15) is 0 Å². The highest BCUT2D eigenvalue weighted by molar-refractivity contribution is 6.65. The van der Waals surface area contributed by atoms with Crippen molar-refractivity contribution in [2.45, 2.75) is 13.8 Å².